The standard InChI is InChI=1S/C14H13FO3/c1-2-3-4-10-18-14-11(8-9-13(16)17)6-5-7-12(14)15/h1,5-9H,3-4,10H2,(H,16,17)/b9-8+. The van der Waals surface area contributed by atoms with Crippen molar-refractivity contribution in [1.82, 2.24) is 0 Å². The number of unbranched alkanes of at least 4 members (excludes halogenated alkanes) is 1. The maximum absolute atomic E-state index is 13.5. The number of halogens is 1. The van der Waals surface area contributed by atoms with Crippen LogP contribution in [0.25, 0.3) is 6.08 Å². The summed E-state index contributed by atoms with van der Waals surface area (Å²) in [6.45, 7) is 0.291. The molecule has 0 radical (unpaired) electrons. The third-order valence-corrected chi connectivity index (χ3v) is 2.11. The quantitative estimate of drug-likeness (QED) is 0.478. The zero-order valence-corrected chi connectivity index (χ0v) is 9.73. The highest BCUT2D eigenvalue weighted by molar-refractivity contribution is 5.85. The van der Waals surface area contributed by atoms with Crippen LogP contribution < -0.4 is 4.74 Å². The van der Waals surface area contributed by atoms with E-state index in [2.05, 4.69) is 5.92 Å². The topological polar surface area (TPSA) is 46.5 Å². The molecule has 0 atom stereocenters. The van der Waals surface area contributed by atoms with E-state index in [0.29, 0.717) is 25.0 Å². The molecule has 0 heterocycles. The van der Waals surface area contributed by atoms with Crippen molar-refractivity contribution in [2.24, 2.45) is 0 Å². The third kappa shape index (κ3) is 4.30. The Hall–Kier alpha value is -2.28. The van der Waals surface area contributed by atoms with Crippen molar-refractivity contribution in [1.29, 1.82) is 0 Å². The normalized spacial score (nSPS) is 10.2. The summed E-state index contributed by atoms with van der Waals surface area (Å²) in [6.07, 6.45) is 8.49. The van der Waals surface area contributed by atoms with Crippen molar-refractivity contribution in [3.63, 3.8) is 0 Å². The number of aliphatic carboxylic acids is 1. The maximum atomic E-state index is 13.5. The number of benzene rings is 1. The highest BCUT2D eigenvalue weighted by Crippen LogP contribution is 2.24. The largest absolute Gasteiger partial charge is 0.490 e. The van der Waals surface area contributed by atoms with Crippen molar-refractivity contribution >= 4 is 12.0 Å². The van der Waals surface area contributed by atoms with Gasteiger partial charge >= 0.3 is 5.97 Å². The second kappa shape index (κ2) is 7.13. The average Bonchev–Trinajstić information content (AvgIpc) is 2.34. The van der Waals surface area contributed by atoms with Crippen molar-refractivity contribution in [2.45, 2.75) is 12.8 Å². The van der Waals surface area contributed by atoms with Crippen LogP contribution in [-0.2, 0) is 4.79 Å². The van der Waals surface area contributed by atoms with Crippen LogP contribution in [0, 0.1) is 18.2 Å². The van der Waals surface area contributed by atoms with Crippen LogP contribution >= 0.6 is 0 Å². The Morgan fingerprint density at radius 1 is 1.56 bits per heavy atom. The zero-order valence-electron chi connectivity index (χ0n) is 9.73. The van der Waals surface area contributed by atoms with Gasteiger partial charge in [0.1, 0.15) is 0 Å². The Morgan fingerprint density at radius 3 is 3.00 bits per heavy atom. The van der Waals surface area contributed by atoms with E-state index < -0.39 is 11.8 Å². The molecule has 0 amide bonds. The van der Waals surface area contributed by atoms with Crippen LogP contribution in [0.4, 0.5) is 4.39 Å². The van der Waals surface area contributed by atoms with E-state index in [4.69, 9.17) is 16.3 Å². The Kier molecular flexibility index (Phi) is 5.46. The molecule has 0 aliphatic rings. The fourth-order valence-corrected chi connectivity index (χ4v) is 1.32. The summed E-state index contributed by atoms with van der Waals surface area (Å²) in [6, 6.07) is 4.33. The molecular formula is C14H13FO3. The van der Waals surface area contributed by atoms with Gasteiger partial charge in [-0.05, 0) is 18.6 Å². The summed E-state index contributed by atoms with van der Waals surface area (Å²) in [5, 5.41) is 8.54. The van der Waals surface area contributed by atoms with Gasteiger partial charge in [-0.1, -0.05) is 12.1 Å². The molecule has 1 aromatic carbocycles. The molecule has 0 fully saturated rings. The van der Waals surface area contributed by atoms with Gasteiger partial charge in [0, 0.05) is 18.1 Å². The van der Waals surface area contributed by atoms with E-state index in [0.717, 1.165) is 6.08 Å². The molecular weight excluding hydrogens is 235 g/mol. The molecule has 0 saturated carbocycles. The van der Waals surface area contributed by atoms with E-state index in [1.54, 1.807) is 6.07 Å². The zero-order chi connectivity index (χ0) is 13.4. The summed E-state index contributed by atoms with van der Waals surface area (Å²) in [4.78, 5) is 10.4. The summed E-state index contributed by atoms with van der Waals surface area (Å²) in [5.41, 5.74) is 0.387. The number of carboxylic acid groups (broad SMARTS) is 1. The van der Waals surface area contributed by atoms with E-state index in [9.17, 15) is 9.18 Å². The Bertz CT molecular complexity index is 486. The van der Waals surface area contributed by atoms with Gasteiger partial charge in [-0.15, -0.1) is 12.3 Å². The molecule has 0 aromatic heterocycles. The van der Waals surface area contributed by atoms with Crippen LogP contribution in [0.3, 0.4) is 0 Å². The second-order valence-electron chi connectivity index (χ2n) is 3.49. The fourth-order valence-electron chi connectivity index (χ4n) is 1.32. The van der Waals surface area contributed by atoms with Crippen molar-refractivity contribution in [3.05, 3.63) is 35.7 Å². The molecule has 0 aliphatic heterocycles. The molecule has 94 valence electrons. The molecule has 0 spiro atoms. The minimum absolute atomic E-state index is 0.0482. The van der Waals surface area contributed by atoms with Crippen LogP contribution in [0.1, 0.15) is 18.4 Å². The predicted molar refractivity (Wildman–Crippen MR) is 66.6 cm³/mol. The second-order valence-corrected chi connectivity index (χ2v) is 3.49. The summed E-state index contributed by atoms with van der Waals surface area (Å²) < 4.78 is 18.8. The summed E-state index contributed by atoms with van der Waals surface area (Å²) in [7, 11) is 0. The van der Waals surface area contributed by atoms with Crippen LogP contribution in [-0.4, -0.2) is 17.7 Å². The number of carbonyl (C=O) groups is 1. The lowest BCUT2D eigenvalue weighted by Gasteiger charge is -2.09. The molecule has 0 unspecified atom stereocenters. The van der Waals surface area contributed by atoms with Gasteiger partial charge in [0.15, 0.2) is 11.6 Å². The van der Waals surface area contributed by atoms with Crippen molar-refractivity contribution in [2.75, 3.05) is 6.61 Å². The lowest BCUT2D eigenvalue weighted by molar-refractivity contribution is -0.131. The first-order chi connectivity index (χ1) is 8.65. The van der Waals surface area contributed by atoms with Crippen molar-refractivity contribution in [3.8, 4) is 18.1 Å². The average molecular weight is 248 g/mol. The van der Waals surface area contributed by atoms with Crippen LogP contribution in [0.15, 0.2) is 24.3 Å². The Labute approximate surface area is 105 Å². The number of hydrogen-bond donors (Lipinski definition) is 1. The molecule has 1 aromatic rings. The minimum atomic E-state index is -1.10. The molecule has 1 rings (SSSR count). The molecule has 0 saturated heterocycles. The molecule has 1 N–H and O–H groups in total. The van der Waals surface area contributed by atoms with E-state index in [1.165, 1.54) is 18.2 Å². The number of rotatable bonds is 6. The highest BCUT2D eigenvalue weighted by atomic mass is 19.1. The van der Waals surface area contributed by atoms with Gasteiger partial charge in [-0.3, -0.25) is 0 Å². The van der Waals surface area contributed by atoms with Crippen LogP contribution in [0.2, 0.25) is 0 Å². The smallest absolute Gasteiger partial charge is 0.328 e. The molecule has 0 aliphatic carbocycles. The fraction of sp³-hybridized carbons (Fsp3) is 0.214. The number of hydrogen-bond acceptors (Lipinski definition) is 2. The molecule has 4 heteroatoms. The number of para-hydroxylation sites is 1. The van der Waals surface area contributed by atoms with Crippen LogP contribution in [0.5, 0.6) is 5.75 Å². The molecule has 3 nitrogen and oxygen atoms in total. The van der Waals surface area contributed by atoms with Gasteiger partial charge < -0.3 is 9.84 Å². The highest BCUT2D eigenvalue weighted by Gasteiger charge is 2.07. The summed E-state index contributed by atoms with van der Waals surface area (Å²) >= 11 is 0. The first kappa shape index (κ1) is 13.8. The number of carboxylic acids is 1. The lowest BCUT2D eigenvalue weighted by Crippen LogP contribution is -2.01. The first-order valence-corrected chi connectivity index (χ1v) is 5.41. The van der Waals surface area contributed by atoms with E-state index >= 15 is 0 Å². The Morgan fingerprint density at radius 2 is 2.33 bits per heavy atom. The molecule has 18 heavy (non-hydrogen) atoms. The van der Waals surface area contributed by atoms with Gasteiger partial charge in [0.2, 0.25) is 0 Å². The summed E-state index contributed by atoms with van der Waals surface area (Å²) in [5.74, 6) is 0.882. The minimum Gasteiger partial charge on any atom is -0.490 e. The number of terminal acetylenes is 1. The first-order valence-electron chi connectivity index (χ1n) is 5.41. The number of ether oxygens (including phenoxy) is 1. The Balaban J connectivity index is 2.81. The molecule has 0 bridgehead atoms. The van der Waals surface area contributed by atoms with E-state index in [1.807, 2.05) is 0 Å². The lowest BCUT2D eigenvalue weighted by atomic mass is 10.2. The maximum Gasteiger partial charge on any atom is 0.328 e. The van der Waals surface area contributed by atoms with Crippen molar-refractivity contribution < 1.29 is 19.0 Å². The van der Waals surface area contributed by atoms with E-state index in [-0.39, 0.29) is 5.75 Å². The SMILES string of the molecule is C#CCCCOc1c(F)cccc1/C=C/C(=O)O. The van der Waals surface area contributed by atoms with Gasteiger partial charge in [-0.2, -0.15) is 0 Å². The van der Waals surface area contributed by atoms with Gasteiger partial charge in [0.25, 0.3) is 0 Å². The third-order valence-electron chi connectivity index (χ3n) is 2.11. The van der Waals surface area contributed by atoms with Gasteiger partial charge in [-0.25, -0.2) is 9.18 Å². The predicted octanol–water partition coefficient (Wildman–Crippen LogP) is 2.72. The monoisotopic (exact) mass is 248 g/mol. The van der Waals surface area contributed by atoms with Gasteiger partial charge in [0.05, 0.1) is 6.61 Å².